The molecule has 8 heteroatoms. The summed E-state index contributed by atoms with van der Waals surface area (Å²) < 4.78 is 7.48. The Bertz CT molecular complexity index is 1240. The number of ketones is 1. The van der Waals surface area contributed by atoms with Crippen LogP contribution in [0.3, 0.4) is 0 Å². The van der Waals surface area contributed by atoms with Crippen LogP contribution in [0.1, 0.15) is 29.3 Å². The number of Topliss-reactive ketones (excluding diaryl/α,β-unsaturated/α-hetero) is 1. The number of aromatic nitrogens is 2. The Morgan fingerprint density at radius 1 is 1.13 bits per heavy atom. The second-order valence-corrected chi connectivity index (χ2v) is 7.70. The van der Waals surface area contributed by atoms with Gasteiger partial charge >= 0.3 is 5.69 Å². The van der Waals surface area contributed by atoms with Gasteiger partial charge in [0.25, 0.3) is 5.56 Å². The summed E-state index contributed by atoms with van der Waals surface area (Å²) in [7, 11) is 4.80. The molecule has 0 aliphatic carbocycles. The van der Waals surface area contributed by atoms with E-state index < -0.39 is 17.0 Å². The van der Waals surface area contributed by atoms with Gasteiger partial charge in [-0.3, -0.25) is 23.6 Å². The van der Waals surface area contributed by atoms with E-state index in [-0.39, 0.29) is 17.9 Å². The Hall–Kier alpha value is -3.39. The molecule has 2 aromatic carbocycles. The van der Waals surface area contributed by atoms with Crippen LogP contribution in [0.25, 0.3) is 10.8 Å². The second-order valence-electron chi connectivity index (χ2n) is 7.70. The summed E-state index contributed by atoms with van der Waals surface area (Å²) in [5.41, 5.74) is 5.78. The highest BCUT2D eigenvalue weighted by atomic mass is 16.5. The summed E-state index contributed by atoms with van der Waals surface area (Å²) in [6, 6.07) is 11.9. The summed E-state index contributed by atoms with van der Waals surface area (Å²) in [4.78, 5) is 39.6. The normalized spacial score (nSPS) is 11.3. The van der Waals surface area contributed by atoms with Crippen molar-refractivity contribution in [2.45, 2.75) is 26.4 Å². The van der Waals surface area contributed by atoms with E-state index in [0.29, 0.717) is 19.5 Å². The van der Waals surface area contributed by atoms with Crippen LogP contribution in [0.4, 0.5) is 5.82 Å². The minimum Gasteiger partial charge on any atom is -0.497 e. The molecule has 0 amide bonds. The first-order valence-electron chi connectivity index (χ1n) is 10.1. The molecule has 0 aliphatic rings. The maximum absolute atomic E-state index is 12.9. The summed E-state index contributed by atoms with van der Waals surface area (Å²) >= 11 is 0. The number of rotatable bonds is 8. The summed E-state index contributed by atoms with van der Waals surface area (Å²) in [5, 5.41) is 2.14. The third-order valence-corrected chi connectivity index (χ3v) is 5.29. The van der Waals surface area contributed by atoms with Gasteiger partial charge in [0.2, 0.25) is 0 Å². The fourth-order valence-electron chi connectivity index (χ4n) is 3.68. The maximum Gasteiger partial charge on any atom is 0.332 e. The van der Waals surface area contributed by atoms with Crippen molar-refractivity contribution in [3.63, 3.8) is 0 Å². The number of nitrogen functional groups attached to an aromatic ring is 1. The zero-order valence-electron chi connectivity index (χ0n) is 18.3. The van der Waals surface area contributed by atoms with Gasteiger partial charge in [0.1, 0.15) is 17.1 Å². The summed E-state index contributed by atoms with van der Waals surface area (Å²) in [6.45, 7) is 2.76. The van der Waals surface area contributed by atoms with Crippen molar-refractivity contribution in [2.75, 3.05) is 26.4 Å². The lowest BCUT2D eigenvalue weighted by atomic mass is 10.1. The number of nitrogens with zero attached hydrogens (tertiary/aromatic N) is 3. The van der Waals surface area contributed by atoms with Crippen molar-refractivity contribution < 1.29 is 9.53 Å². The standard InChI is InChI=1S/C23H28N4O4/c1-5-10-27-21(24)20(22(29)26(3)23(27)30)19(28)14-25(2)13-15-6-7-17-12-18(31-4)9-8-16(17)11-15/h6-9,11-12H,5,10,13-14,24H2,1-4H3. The fraction of sp³-hybridized carbons (Fsp3) is 0.348. The molecule has 0 spiro atoms. The van der Waals surface area contributed by atoms with Gasteiger partial charge < -0.3 is 10.5 Å². The van der Waals surface area contributed by atoms with Crippen molar-refractivity contribution >= 4 is 22.4 Å². The quantitative estimate of drug-likeness (QED) is 0.556. The highest BCUT2D eigenvalue weighted by molar-refractivity contribution is 6.01. The zero-order valence-corrected chi connectivity index (χ0v) is 18.3. The predicted molar refractivity (Wildman–Crippen MR) is 122 cm³/mol. The Labute approximate surface area is 180 Å². The molecule has 1 heterocycles. The highest BCUT2D eigenvalue weighted by Crippen LogP contribution is 2.22. The van der Waals surface area contributed by atoms with E-state index in [2.05, 4.69) is 6.07 Å². The van der Waals surface area contributed by atoms with E-state index in [1.165, 1.54) is 11.6 Å². The van der Waals surface area contributed by atoms with Crippen molar-refractivity contribution in [3.8, 4) is 5.75 Å². The number of likely N-dealkylation sites (N-methyl/N-ethyl adjacent to an activating group) is 1. The summed E-state index contributed by atoms with van der Waals surface area (Å²) in [5.74, 6) is 0.329. The largest absolute Gasteiger partial charge is 0.497 e. The van der Waals surface area contributed by atoms with Crippen molar-refractivity contribution in [1.82, 2.24) is 14.0 Å². The lowest BCUT2D eigenvalue weighted by molar-refractivity contribution is 0.0941. The number of fused-ring (bicyclic) bond motifs is 1. The number of nitrogens with two attached hydrogens (primary N) is 1. The average molecular weight is 425 g/mol. The number of carbonyl (C=O) groups excluding carboxylic acids is 1. The van der Waals surface area contributed by atoms with Gasteiger partial charge in [0, 0.05) is 20.1 Å². The third-order valence-electron chi connectivity index (χ3n) is 5.29. The number of hydrogen-bond acceptors (Lipinski definition) is 6. The molecule has 3 aromatic rings. The molecule has 3 rings (SSSR count). The van der Waals surface area contributed by atoms with Crippen molar-refractivity contribution in [1.29, 1.82) is 0 Å². The molecule has 31 heavy (non-hydrogen) atoms. The predicted octanol–water partition coefficient (Wildman–Crippen LogP) is 2.02. The molecule has 2 N–H and O–H groups in total. The van der Waals surface area contributed by atoms with Crippen LogP contribution >= 0.6 is 0 Å². The van der Waals surface area contributed by atoms with Gasteiger partial charge in [-0.2, -0.15) is 0 Å². The first kappa shape index (κ1) is 22.3. The van der Waals surface area contributed by atoms with Crippen LogP contribution in [0, 0.1) is 0 Å². The highest BCUT2D eigenvalue weighted by Gasteiger charge is 2.22. The lowest BCUT2D eigenvalue weighted by Crippen LogP contribution is -2.43. The topological polar surface area (TPSA) is 99.6 Å². The number of anilines is 1. The Balaban J connectivity index is 1.82. The maximum atomic E-state index is 12.9. The molecular formula is C23H28N4O4. The number of benzene rings is 2. The number of methoxy groups -OCH3 is 1. The van der Waals surface area contributed by atoms with Gasteiger partial charge in [0.15, 0.2) is 5.78 Å². The van der Waals surface area contributed by atoms with Crippen molar-refractivity contribution in [2.24, 2.45) is 7.05 Å². The molecule has 0 aliphatic heterocycles. The monoisotopic (exact) mass is 424 g/mol. The lowest BCUT2D eigenvalue weighted by Gasteiger charge is -2.18. The molecule has 0 fully saturated rings. The van der Waals surface area contributed by atoms with Crippen LogP contribution in [0.5, 0.6) is 5.75 Å². The van der Waals surface area contributed by atoms with Crippen LogP contribution in [0.15, 0.2) is 46.0 Å². The minimum atomic E-state index is -0.659. The van der Waals surface area contributed by atoms with Gasteiger partial charge in [-0.25, -0.2) is 4.79 Å². The van der Waals surface area contributed by atoms with Gasteiger partial charge in [-0.15, -0.1) is 0 Å². The molecule has 0 atom stereocenters. The van der Waals surface area contributed by atoms with Crippen LogP contribution in [0.2, 0.25) is 0 Å². The fourth-order valence-corrected chi connectivity index (χ4v) is 3.68. The Morgan fingerprint density at radius 3 is 2.48 bits per heavy atom. The second kappa shape index (κ2) is 9.18. The number of hydrogen-bond donors (Lipinski definition) is 1. The molecule has 0 saturated heterocycles. The van der Waals surface area contributed by atoms with E-state index in [1.54, 1.807) is 14.2 Å². The van der Waals surface area contributed by atoms with Crippen LogP contribution in [-0.4, -0.2) is 40.5 Å². The van der Waals surface area contributed by atoms with Crippen LogP contribution in [-0.2, 0) is 20.1 Å². The molecule has 8 nitrogen and oxygen atoms in total. The number of carbonyl (C=O) groups is 1. The van der Waals surface area contributed by atoms with Crippen LogP contribution < -0.4 is 21.7 Å². The van der Waals surface area contributed by atoms with E-state index in [9.17, 15) is 14.4 Å². The Kier molecular flexibility index (Phi) is 6.60. The molecule has 1 aromatic heterocycles. The van der Waals surface area contributed by atoms with Crippen molar-refractivity contribution in [3.05, 3.63) is 68.4 Å². The Morgan fingerprint density at radius 2 is 1.81 bits per heavy atom. The molecule has 0 radical (unpaired) electrons. The molecule has 0 unspecified atom stereocenters. The van der Waals surface area contributed by atoms with E-state index in [4.69, 9.17) is 10.5 Å². The van der Waals surface area contributed by atoms with Gasteiger partial charge in [-0.1, -0.05) is 25.1 Å². The third kappa shape index (κ3) is 4.54. The number of ether oxygens (including phenoxy) is 1. The van der Waals surface area contributed by atoms with E-state index >= 15 is 0 Å². The SMILES string of the molecule is CCCn1c(N)c(C(=O)CN(C)Cc2ccc3cc(OC)ccc3c2)c(=O)n(C)c1=O. The molecule has 0 bridgehead atoms. The average Bonchev–Trinajstić information content (AvgIpc) is 2.74. The summed E-state index contributed by atoms with van der Waals surface area (Å²) in [6.07, 6.45) is 0.656. The van der Waals surface area contributed by atoms with Gasteiger partial charge in [-0.05, 0) is 48.0 Å². The zero-order chi connectivity index (χ0) is 22.7. The van der Waals surface area contributed by atoms with E-state index in [1.807, 2.05) is 42.2 Å². The smallest absolute Gasteiger partial charge is 0.332 e. The van der Waals surface area contributed by atoms with Gasteiger partial charge in [0.05, 0.1) is 13.7 Å². The molecule has 164 valence electrons. The molecule has 0 saturated carbocycles. The molecular weight excluding hydrogens is 396 g/mol. The first-order chi connectivity index (χ1) is 14.8. The first-order valence-corrected chi connectivity index (χ1v) is 10.1. The van der Waals surface area contributed by atoms with E-state index in [0.717, 1.165) is 26.7 Å². The minimum absolute atomic E-state index is 0.00438.